The van der Waals surface area contributed by atoms with Crippen molar-refractivity contribution in [3.05, 3.63) is 58.6 Å². The Labute approximate surface area is 190 Å². The van der Waals surface area contributed by atoms with E-state index in [1.807, 2.05) is 30.0 Å². The van der Waals surface area contributed by atoms with E-state index in [2.05, 4.69) is 4.90 Å². The highest BCUT2D eigenvalue weighted by atomic mass is 35.5. The number of anilines is 1. The molecule has 2 aliphatic heterocycles. The number of rotatable bonds is 4. The Hall–Kier alpha value is -1.93. The second kappa shape index (κ2) is 8.90. The maximum atomic E-state index is 13.2. The summed E-state index contributed by atoms with van der Waals surface area (Å²) < 4.78 is 22.1. The zero-order valence-corrected chi connectivity index (χ0v) is 19.0. The molecule has 1 fully saturated rings. The van der Waals surface area contributed by atoms with Crippen LogP contribution in [-0.2, 0) is 27.9 Å². The molecular formula is C23H26ClN2O4S-. The fraction of sp³-hybridized carbons (Fsp3) is 0.435. The van der Waals surface area contributed by atoms with E-state index in [0.717, 1.165) is 25.1 Å². The fourth-order valence-corrected chi connectivity index (χ4v) is 5.21. The normalized spacial score (nSPS) is 20.1. The lowest BCUT2D eigenvalue weighted by Crippen LogP contribution is -2.53. The van der Waals surface area contributed by atoms with Crippen molar-refractivity contribution in [2.45, 2.75) is 49.1 Å². The molecular weight excluding hydrogens is 436 g/mol. The zero-order chi connectivity index (χ0) is 22.2. The van der Waals surface area contributed by atoms with Gasteiger partial charge in [-0.15, -0.1) is 0 Å². The molecule has 2 aromatic carbocycles. The summed E-state index contributed by atoms with van der Waals surface area (Å²) in [5.41, 5.74) is 1.87. The van der Waals surface area contributed by atoms with Gasteiger partial charge in [-0.05, 0) is 85.1 Å². The van der Waals surface area contributed by atoms with E-state index in [0.29, 0.717) is 36.5 Å². The summed E-state index contributed by atoms with van der Waals surface area (Å²) in [6.45, 7) is 3.67. The molecule has 8 heteroatoms. The lowest BCUT2D eigenvalue weighted by molar-refractivity contribution is -0.136. The highest BCUT2D eigenvalue weighted by Crippen LogP contribution is 2.35. The highest BCUT2D eigenvalue weighted by Gasteiger charge is 2.37. The molecule has 1 amide bonds. The molecule has 4 rings (SSSR count). The zero-order valence-electron chi connectivity index (χ0n) is 17.4. The van der Waals surface area contributed by atoms with Crippen molar-refractivity contribution >= 4 is 34.3 Å². The van der Waals surface area contributed by atoms with Gasteiger partial charge in [0.1, 0.15) is 6.04 Å². The first-order valence-electron chi connectivity index (χ1n) is 10.5. The van der Waals surface area contributed by atoms with Crippen molar-refractivity contribution in [3.63, 3.8) is 0 Å². The molecule has 6 nitrogen and oxygen atoms in total. The molecule has 1 unspecified atom stereocenters. The van der Waals surface area contributed by atoms with Gasteiger partial charge in [-0.1, -0.05) is 23.7 Å². The molecule has 2 atom stereocenters. The standard InChI is InChI=1S/C23H27ClN2O4S/c1-16(26-12-2-3-17-15-19(24)6-9-21(17)26)22(27)25-13-10-23(28,11-14-25)18-4-7-20(8-5-18)31(29)30/h4-9,15-16,28H,2-3,10-14H2,1H3,(H,29,30)/p-1/t16-/m0/s1. The van der Waals surface area contributed by atoms with Crippen molar-refractivity contribution in [1.82, 2.24) is 4.90 Å². The van der Waals surface area contributed by atoms with Crippen LogP contribution in [0.25, 0.3) is 0 Å². The number of amides is 1. The Morgan fingerprint density at radius 1 is 1.16 bits per heavy atom. The van der Waals surface area contributed by atoms with E-state index in [9.17, 15) is 18.7 Å². The Morgan fingerprint density at radius 2 is 1.84 bits per heavy atom. The monoisotopic (exact) mass is 461 g/mol. The van der Waals surface area contributed by atoms with E-state index >= 15 is 0 Å². The predicted molar refractivity (Wildman–Crippen MR) is 120 cm³/mol. The number of hydrogen-bond acceptors (Lipinski definition) is 5. The molecule has 2 heterocycles. The van der Waals surface area contributed by atoms with Crippen LogP contribution < -0.4 is 4.90 Å². The number of piperidine rings is 1. The van der Waals surface area contributed by atoms with E-state index < -0.39 is 16.7 Å². The van der Waals surface area contributed by atoms with Crippen LogP contribution in [0.2, 0.25) is 5.02 Å². The van der Waals surface area contributed by atoms with Crippen molar-refractivity contribution in [1.29, 1.82) is 0 Å². The summed E-state index contributed by atoms with van der Waals surface area (Å²) in [4.78, 5) is 17.4. The average Bonchev–Trinajstić information content (AvgIpc) is 2.78. The summed E-state index contributed by atoms with van der Waals surface area (Å²) in [7, 11) is 0. The lowest BCUT2D eigenvalue weighted by Gasteiger charge is -2.42. The summed E-state index contributed by atoms with van der Waals surface area (Å²) >= 11 is 3.85. The largest absolute Gasteiger partial charge is 0.768 e. The van der Waals surface area contributed by atoms with Crippen molar-refractivity contribution in [2.24, 2.45) is 0 Å². The maximum absolute atomic E-state index is 13.2. The second-order valence-corrected chi connectivity index (χ2v) is 9.74. The number of hydrogen-bond donors (Lipinski definition) is 1. The number of likely N-dealkylation sites (tertiary alicyclic amines) is 1. The van der Waals surface area contributed by atoms with Crippen LogP contribution in [-0.4, -0.2) is 50.4 Å². The summed E-state index contributed by atoms with van der Waals surface area (Å²) in [6.07, 6.45) is 2.77. The number of aliphatic hydroxyl groups is 1. The van der Waals surface area contributed by atoms with Gasteiger partial charge in [0.25, 0.3) is 0 Å². The molecule has 0 aromatic heterocycles. The third-order valence-corrected chi connectivity index (χ3v) is 7.40. The van der Waals surface area contributed by atoms with Gasteiger partial charge in [-0.2, -0.15) is 0 Å². The van der Waals surface area contributed by atoms with Crippen LogP contribution >= 0.6 is 11.6 Å². The number of nitrogens with zero attached hydrogens (tertiary/aromatic N) is 2. The van der Waals surface area contributed by atoms with Crippen LogP contribution in [0.5, 0.6) is 0 Å². The molecule has 2 aliphatic rings. The SMILES string of the molecule is C[C@@H](C(=O)N1CCC(O)(c2ccc(S(=O)[O-])cc2)CC1)N1CCCc2cc(Cl)ccc21. The van der Waals surface area contributed by atoms with Gasteiger partial charge in [0.05, 0.1) is 5.60 Å². The molecule has 0 saturated carbocycles. The van der Waals surface area contributed by atoms with Gasteiger partial charge in [0.2, 0.25) is 5.91 Å². The van der Waals surface area contributed by atoms with Gasteiger partial charge in [-0.25, -0.2) is 0 Å². The van der Waals surface area contributed by atoms with E-state index in [-0.39, 0.29) is 16.8 Å². The fourth-order valence-electron chi connectivity index (χ4n) is 4.66. The highest BCUT2D eigenvalue weighted by molar-refractivity contribution is 7.79. The Bertz CT molecular complexity index is 990. The van der Waals surface area contributed by atoms with Crippen molar-refractivity contribution in [2.75, 3.05) is 24.5 Å². The Kier molecular flexibility index (Phi) is 6.40. The average molecular weight is 462 g/mol. The lowest BCUT2D eigenvalue weighted by atomic mass is 9.84. The van der Waals surface area contributed by atoms with Gasteiger partial charge >= 0.3 is 0 Å². The first-order valence-corrected chi connectivity index (χ1v) is 12.0. The topological polar surface area (TPSA) is 83.9 Å². The Balaban J connectivity index is 1.43. The van der Waals surface area contributed by atoms with Crippen LogP contribution in [0.4, 0.5) is 5.69 Å². The van der Waals surface area contributed by atoms with Crippen LogP contribution in [0.1, 0.15) is 37.3 Å². The van der Waals surface area contributed by atoms with E-state index in [1.165, 1.54) is 17.7 Å². The van der Waals surface area contributed by atoms with Gasteiger partial charge in [0, 0.05) is 35.2 Å². The molecule has 0 spiro atoms. The van der Waals surface area contributed by atoms with Crippen LogP contribution in [0.3, 0.4) is 0 Å². The number of fused-ring (bicyclic) bond motifs is 1. The number of aryl methyl sites for hydroxylation is 1. The third kappa shape index (κ3) is 4.51. The van der Waals surface area contributed by atoms with Crippen LogP contribution in [0, 0.1) is 0 Å². The molecule has 2 aromatic rings. The van der Waals surface area contributed by atoms with Gasteiger partial charge < -0.3 is 19.5 Å². The number of benzene rings is 2. The minimum Gasteiger partial charge on any atom is -0.768 e. The summed E-state index contributed by atoms with van der Waals surface area (Å²) in [6, 6.07) is 11.8. The molecule has 166 valence electrons. The van der Waals surface area contributed by atoms with Gasteiger partial charge in [-0.3, -0.25) is 9.00 Å². The molecule has 1 N–H and O–H groups in total. The van der Waals surface area contributed by atoms with E-state index in [4.69, 9.17) is 11.6 Å². The summed E-state index contributed by atoms with van der Waals surface area (Å²) in [5.74, 6) is 0.0574. The second-order valence-electron chi connectivity index (χ2n) is 8.36. The van der Waals surface area contributed by atoms with E-state index in [1.54, 1.807) is 12.1 Å². The van der Waals surface area contributed by atoms with Crippen molar-refractivity contribution < 1.29 is 18.7 Å². The molecule has 31 heavy (non-hydrogen) atoms. The Morgan fingerprint density at radius 3 is 2.48 bits per heavy atom. The smallest absolute Gasteiger partial charge is 0.244 e. The molecule has 1 saturated heterocycles. The minimum absolute atomic E-state index is 0.0574. The molecule has 0 radical (unpaired) electrons. The third-order valence-electron chi connectivity index (χ3n) is 6.51. The van der Waals surface area contributed by atoms with Crippen molar-refractivity contribution in [3.8, 4) is 0 Å². The number of carbonyl (C=O) groups is 1. The first-order chi connectivity index (χ1) is 14.8. The van der Waals surface area contributed by atoms with Crippen LogP contribution in [0.15, 0.2) is 47.4 Å². The number of carbonyl (C=O) groups excluding carboxylic acids is 1. The molecule has 0 aliphatic carbocycles. The first kappa shape index (κ1) is 22.3. The predicted octanol–water partition coefficient (Wildman–Crippen LogP) is 3.23. The minimum atomic E-state index is -2.29. The molecule has 0 bridgehead atoms. The number of halogens is 1. The summed E-state index contributed by atoms with van der Waals surface area (Å²) in [5, 5.41) is 11.8. The maximum Gasteiger partial charge on any atom is 0.244 e. The van der Waals surface area contributed by atoms with Gasteiger partial charge in [0.15, 0.2) is 0 Å². The quantitative estimate of drug-likeness (QED) is 0.706.